The highest BCUT2D eigenvalue weighted by Crippen LogP contribution is 2.37. The molecule has 3 N–H and O–H groups in total. The molecule has 0 amide bonds. The molecule has 1 unspecified atom stereocenters. The minimum atomic E-state index is -4.44. The van der Waals surface area contributed by atoms with Gasteiger partial charge in [-0.3, -0.25) is 4.90 Å². The first-order chi connectivity index (χ1) is 16.1. The zero-order chi connectivity index (χ0) is 24.2. The van der Waals surface area contributed by atoms with Gasteiger partial charge in [0.15, 0.2) is 5.82 Å². The van der Waals surface area contributed by atoms with E-state index in [1.54, 1.807) is 6.07 Å². The smallest absolute Gasteiger partial charge is 0.366 e. The molecule has 3 aliphatic rings. The van der Waals surface area contributed by atoms with Crippen molar-refractivity contribution in [2.75, 3.05) is 30.4 Å². The quantitative estimate of drug-likeness (QED) is 0.543. The molecule has 3 aromatic rings. The Labute approximate surface area is 196 Å². The van der Waals surface area contributed by atoms with Crippen molar-refractivity contribution < 1.29 is 13.2 Å². The predicted molar refractivity (Wildman–Crippen MR) is 128 cm³/mol. The number of hydrogen-bond donors (Lipinski definition) is 2. The van der Waals surface area contributed by atoms with Crippen LogP contribution < -0.4 is 16.0 Å². The van der Waals surface area contributed by atoms with Crippen LogP contribution in [0.25, 0.3) is 10.8 Å². The van der Waals surface area contributed by atoms with Crippen LogP contribution in [0.4, 0.5) is 24.7 Å². The maximum Gasteiger partial charge on any atom is 0.416 e. The van der Waals surface area contributed by atoms with Gasteiger partial charge in [-0.2, -0.15) is 18.3 Å². The summed E-state index contributed by atoms with van der Waals surface area (Å²) in [6, 6.07) is 11.4. The minimum Gasteiger partial charge on any atom is -0.366 e. The third-order valence-electron chi connectivity index (χ3n) is 7.39. The van der Waals surface area contributed by atoms with Crippen LogP contribution in [0.15, 0.2) is 36.4 Å². The second kappa shape index (κ2) is 8.39. The van der Waals surface area contributed by atoms with Gasteiger partial charge in [0.2, 0.25) is 0 Å². The van der Waals surface area contributed by atoms with Gasteiger partial charge in [0, 0.05) is 41.6 Å². The number of rotatable bonds is 4. The average Bonchev–Trinajstić information content (AvgIpc) is 2.80. The Balaban J connectivity index is 1.50. The number of aromatic nitrogens is 2. The van der Waals surface area contributed by atoms with Gasteiger partial charge in [0.05, 0.1) is 11.3 Å². The van der Waals surface area contributed by atoms with Gasteiger partial charge in [0.1, 0.15) is 6.17 Å². The number of alkyl halides is 3. The number of nitrogens with two attached hydrogens (primary N) is 1. The molecule has 0 saturated carbocycles. The van der Waals surface area contributed by atoms with Crippen molar-refractivity contribution in [2.24, 2.45) is 5.73 Å². The topological polar surface area (TPSA) is 70.3 Å². The van der Waals surface area contributed by atoms with Crippen molar-refractivity contribution in [1.82, 2.24) is 15.1 Å². The van der Waals surface area contributed by atoms with Crippen LogP contribution in [0.5, 0.6) is 0 Å². The highest BCUT2D eigenvalue weighted by Gasteiger charge is 2.37. The van der Waals surface area contributed by atoms with Crippen molar-refractivity contribution in [1.29, 1.82) is 0 Å². The zero-order valence-electron chi connectivity index (χ0n) is 19.5. The maximum atomic E-state index is 13.4. The lowest BCUT2D eigenvalue weighted by Gasteiger charge is -2.51. The summed E-state index contributed by atoms with van der Waals surface area (Å²) in [5.74, 6) is 0.464. The van der Waals surface area contributed by atoms with Crippen molar-refractivity contribution in [3.8, 4) is 0 Å². The molecule has 0 aliphatic carbocycles. The zero-order valence-corrected chi connectivity index (χ0v) is 19.5. The van der Waals surface area contributed by atoms with Gasteiger partial charge >= 0.3 is 6.18 Å². The van der Waals surface area contributed by atoms with E-state index in [0.717, 1.165) is 41.3 Å². The first-order valence-electron chi connectivity index (χ1n) is 11.6. The molecule has 0 radical (unpaired) electrons. The van der Waals surface area contributed by atoms with E-state index in [-0.39, 0.29) is 5.56 Å². The highest BCUT2D eigenvalue weighted by molar-refractivity contribution is 5.95. The van der Waals surface area contributed by atoms with Gasteiger partial charge < -0.3 is 16.0 Å². The lowest BCUT2D eigenvalue weighted by molar-refractivity contribution is -0.138. The van der Waals surface area contributed by atoms with Crippen molar-refractivity contribution in [3.05, 3.63) is 58.8 Å². The van der Waals surface area contributed by atoms with E-state index in [0.29, 0.717) is 23.5 Å². The van der Waals surface area contributed by atoms with Gasteiger partial charge in [-0.05, 0) is 63.1 Å². The van der Waals surface area contributed by atoms with E-state index in [1.165, 1.54) is 25.8 Å². The van der Waals surface area contributed by atoms with Crippen LogP contribution in [0, 0.1) is 13.8 Å². The van der Waals surface area contributed by atoms with E-state index >= 15 is 0 Å². The Morgan fingerprint density at radius 2 is 1.79 bits per heavy atom. The normalized spacial score (nSPS) is 21.8. The number of nitrogens with one attached hydrogen (secondary N) is 1. The van der Waals surface area contributed by atoms with Gasteiger partial charge in [-0.25, -0.2) is 0 Å². The first kappa shape index (κ1) is 22.9. The van der Waals surface area contributed by atoms with Crippen LogP contribution in [-0.2, 0) is 6.18 Å². The van der Waals surface area contributed by atoms with E-state index in [2.05, 4.69) is 44.5 Å². The standard InChI is InChI=1S/C25H29F3N6/c1-14-19(5-4-6-22(14)25(26,27)28)23(29)30-24-21-11-16(9-10-20(21)15(2)31-32-24)34-13-17-7-8-18(34)12-33(17)3/h4-6,9-11,17-18,23H,7-8,12-13,29H2,1-3H3,(H,30,32)/t17?,18-,23+/m1/s1. The summed E-state index contributed by atoms with van der Waals surface area (Å²) in [7, 11) is 2.19. The fraction of sp³-hybridized carbons (Fsp3) is 0.440. The lowest BCUT2D eigenvalue weighted by atomic mass is 9.90. The van der Waals surface area contributed by atoms with E-state index in [9.17, 15) is 13.2 Å². The van der Waals surface area contributed by atoms with Crippen LogP contribution in [-0.4, -0.2) is 47.3 Å². The predicted octanol–water partition coefficient (Wildman–Crippen LogP) is 4.62. The Morgan fingerprint density at radius 3 is 2.47 bits per heavy atom. The van der Waals surface area contributed by atoms with Gasteiger partial charge in [-0.15, -0.1) is 5.10 Å². The molecule has 9 heteroatoms. The Bertz CT molecular complexity index is 1230. The number of benzene rings is 2. The highest BCUT2D eigenvalue weighted by atomic mass is 19.4. The molecule has 3 aliphatic heterocycles. The number of piperazine rings is 1. The number of aryl methyl sites for hydroxylation is 1. The van der Waals surface area contributed by atoms with Crippen LogP contribution >= 0.6 is 0 Å². The summed E-state index contributed by atoms with van der Waals surface area (Å²) in [6.07, 6.45) is -2.92. The largest absolute Gasteiger partial charge is 0.416 e. The third-order valence-corrected chi connectivity index (χ3v) is 7.39. The number of halogens is 3. The number of anilines is 2. The molecule has 180 valence electrons. The molecule has 6 rings (SSSR count). The molecular formula is C25H29F3N6. The van der Waals surface area contributed by atoms with E-state index in [4.69, 9.17) is 5.73 Å². The van der Waals surface area contributed by atoms with Crippen molar-refractivity contribution in [3.63, 3.8) is 0 Å². The van der Waals surface area contributed by atoms with E-state index in [1.807, 2.05) is 13.0 Å². The van der Waals surface area contributed by atoms with E-state index < -0.39 is 17.9 Å². The minimum absolute atomic E-state index is 0.105. The molecule has 3 saturated heterocycles. The Kier molecular flexibility index (Phi) is 5.64. The fourth-order valence-electron chi connectivity index (χ4n) is 5.44. The van der Waals surface area contributed by atoms with Crippen LogP contribution in [0.1, 0.15) is 41.4 Å². The molecule has 2 aromatic carbocycles. The molecule has 0 spiro atoms. The Morgan fingerprint density at radius 1 is 1.03 bits per heavy atom. The first-order valence-corrected chi connectivity index (χ1v) is 11.6. The van der Waals surface area contributed by atoms with Crippen molar-refractivity contribution >= 4 is 22.3 Å². The molecule has 3 atom stereocenters. The lowest BCUT2D eigenvalue weighted by Crippen LogP contribution is -2.61. The SMILES string of the molecule is Cc1c([C@@H](N)Nc2nnc(C)c3ccc(N4CC5CC[C@@H]4CN5C)cc23)cccc1C(F)(F)F. The number of likely N-dealkylation sites (N-methyl/N-ethyl adjacent to an activating group) is 1. The van der Waals surface area contributed by atoms with Crippen LogP contribution in [0.3, 0.4) is 0 Å². The molecular weight excluding hydrogens is 441 g/mol. The summed E-state index contributed by atoms with van der Waals surface area (Å²) in [5.41, 5.74) is 8.05. The molecule has 6 nitrogen and oxygen atoms in total. The summed E-state index contributed by atoms with van der Waals surface area (Å²) in [6.45, 7) is 5.36. The fourth-order valence-corrected chi connectivity index (χ4v) is 5.44. The second-order valence-corrected chi connectivity index (χ2v) is 9.48. The Hall–Kier alpha value is -2.91. The van der Waals surface area contributed by atoms with Crippen molar-refractivity contribution in [2.45, 2.75) is 51.1 Å². The number of fused-ring (bicyclic) bond motifs is 4. The average molecular weight is 471 g/mol. The molecule has 4 heterocycles. The summed E-state index contributed by atoms with van der Waals surface area (Å²) < 4.78 is 40.2. The molecule has 34 heavy (non-hydrogen) atoms. The van der Waals surface area contributed by atoms with Gasteiger partial charge in [-0.1, -0.05) is 18.2 Å². The number of hydrogen-bond acceptors (Lipinski definition) is 6. The second-order valence-electron chi connectivity index (χ2n) is 9.48. The summed E-state index contributed by atoms with van der Waals surface area (Å²) in [4.78, 5) is 4.90. The summed E-state index contributed by atoms with van der Waals surface area (Å²) in [5, 5.41) is 13.5. The number of nitrogens with zero attached hydrogens (tertiary/aromatic N) is 4. The number of piperidine rings is 2. The third kappa shape index (κ3) is 3.96. The van der Waals surface area contributed by atoms with Gasteiger partial charge in [0.25, 0.3) is 0 Å². The molecule has 2 bridgehead atoms. The molecule has 3 fully saturated rings. The monoisotopic (exact) mass is 470 g/mol. The maximum absolute atomic E-state index is 13.4. The van der Waals surface area contributed by atoms with Crippen LogP contribution in [0.2, 0.25) is 0 Å². The molecule has 1 aromatic heterocycles. The summed E-state index contributed by atoms with van der Waals surface area (Å²) >= 11 is 0.